The molecule has 0 saturated heterocycles. The summed E-state index contributed by atoms with van der Waals surface area (Å²) in [4.78, 5) is 0. The van der Waals surface area contributed by atoms with E-state index in [4.69, 9.17) is 16.3 Å². The molecule has 28 heavy (non-hydrogen) atoms. The van der Waals surface area contributed by atoms with Gasteiger partial charge in [-0.15, -0.1) is 0 Å². The maximum atomic E-state index is 10.3. The molecule has 0 spiro atoms. The first-order chi connectivity index (χ1) is 13.6. The number of benzene rings is 3. The van der Waals surface area contributed by atoms with Crippen LogP contribution in [0.4, 0.5) is 0 Å². The lowest BCUT2D eigenvalue weighted by Crippen LogP contribution is -2.22. The summed E-state index contributed by atoms with van der Waals surface area (Å²) in [6, 6.07) is 24.4. The molecule has 0 aliphatic rings. The molecule has 0 saturated carbocycles. The maximum absolute atomic E-state index is 10.3. The summed E-state index contributed by atoms with van der Waals surface area (Å²) < 4.78 is 5.28. The van der Waals surface area contributed by atoms with Crippen molar-refractivity contribution in [3.63, 3.8) is 0 Å². The molecule has 1 atom stereocenters. The zero-order valence-electron chi connectivity index (χ0n) is 16.2. The molecule has 0 heterocycles. The largest absolute Gasteiger partial charge is 0.508 e. The highest BCUT2D eigenvalue weighted by Gasteiger charge is 2.17. The summed E-state index contributed by atoms with van der Waals surface area (Å²) >= 11 is 6.08. The Morgan fingerprint density at radius 1 is 0.964 bits per heavy atom. The minimum absolute atomic E-state index is 0.0293. The highest BCUT2D eigenvalue weighted by Crippen LogP contribution is 2.35. The lowest BCUT2D eigenvalue weighted by molar-refractivity contribution is 0.407. The average Bonchev–Trinajstić information content (AvgIpc) is 2.72. The summed E-state index contributed by atoms with van der Waals surface area (Å²) in [5.41, 5.74) is 3.38. The van der Waals surface area contributed by atoms with E-state index < -0.39 is 0 Å². The average molecular weight is 396 g/mol. The van der Waals surface area contributed by atoms with Crippen LogP contribution in [0.3, 0.4) is 0 Å². The van der Waals surface area contributed by atoms with Crippen LogP contribution in [-0.4, -0.2) is 18.8 Å². The first-order valence-corrected chi connectivity index (χ1v) is 9.87. The molecule has 3 aromatic carbocycles. The molecule has 3 nitrogen and oxygen atoms in total. The van der Waals surface area contributed by atoms with Crippen LogP contribution in [0.25, 0.3) is 0 Å². The quantitative estimate of drug-likeness (QED) is 0.496. The molecule has 0 fully saturated rings. The van der Waals surface area contributed by atoms with Gasteiger partial charge in [-0.25, -0.2) is 0 Å². The van der Waals surface area contributed by atoms with E-state index in [1.165, 1.54) is 17.2 Å². The van der Waals surface area contributed by atoms with Crippen molar-refractivity contribution in [3.8, 4) is 11.5 Å². The van der Waals surface area contributed by atoms with Crippen LogP contribution in [0.2, 0.25) is 5.02 Å². The smallest absolute Gasteiger partial charge is 0.138 e. The summed E-state index contributed by atoms with van der Waals surface area (Å²) in [6.07, 6.45) is 0.948. The van der Waals surface area contributed by atoms with E-state index in [2.05, 4.69) is 53.8 Å². The number of hydrogen-bond donors (Lipinski definition) is 2. The number of ether oxygens (including phenoxy) is 1. The third-order valence-electron chi connectivity index (χ3n) is 5.06. The monoisotopic (exact) mass is 395 g/mol. The van der Waals surface area contributed by atoms with Crippen molar-refractivity contribution in [1.82, 2.24) is 5.32 Å². The van der Waals surface area contributed by atoms with Gasteiger partial charge < -0.3 is 15.2 Å². The maximum Gasteiger partial charge on any atom is 0.138 e. The highest BCUT2D eigenvalue weighted by atomic mass is 35.5. The predicted molar refractivity (Wildman–Crippen MR) is 115 cm³/mol. The standard InChI is InChI=1S/C24H26ClNO2/c1-17(21-15-24(28-2)22(25)16-23(21)27)26-14-13-20(18-9-5-3-6-10-18)19-11-7-4-8-12-19/h3-12,15-17,20,26-27H,13-14H2,1-2H3. The molecule has 4 heteroatoms. The van der Waals surface area contributed by atoms with E-state index in [1.54, 1.807) is 13.2 Å². The van der Waals surface area contributed by atoms with Crippen molar-refractivity contribution >= 4 is 11.6 Å². The summed E-state index contributed by atoms with van der Waals surface area (Å²) in [5.74, 6) is 1.05. The zero-order valence-corrected chi connectivity index (χ0v) is 17.0. The van der Waals surface area contributed by atoms with E-state index >= 15 is 0 Å². The van der Waals surface area contributed by atoms with Crippen molar-refractivity contribution < 1.29 is 9.84 Å². The molecule has 0 aliphatic carbocycles. The van der Waals surface area contributed by atoms with Gasteiger partial charge in [0.15, 0.2) is 0 Å². The lowest BCUT2D eigenvalue weighted by atomic mass is 9.88. The first kappa shape index (κ1) is 20.2. The number of phenolic OH excluding ortho intramolecular Hbond substituents is 1. The number of hydrogen-bond acceptors (Lipinski definition) is 3. The number of aromatic hydroxyl groups is 1. The van der Waals surface area contributed by atoms with Crippen LogP contribution in [0.5, 0.6) is 11.5 Å². The first-order valence-electron chi connectivity index (χ1n) is 9.49. The molecule has 146 valence electrons. The van der Waals surface area contributed by atoms with E-state index in [0.717, 1.165) is 18.5 Å². The molecule has 0 radical (unpaired) electrons. The Balaban J connectivity index is 1.71. The van der Waals surface area contributed by atoms with Gasteiger partial charge in [0.25, 0.3) is 0 Å². The van der Waals surface area contributed by atoms with Gasteiger partial charge in [0.05, 0.1) is 12.1 Å². The van der Waals surface area contributed by atoms with Gasteiger partial charge in [0.1, 0.15) is 11.5 Å². The van der Waals surface area contributed by atoms with Crippen LogP contribution in [0.15, 0.2) is 72.8 Å². The van der Waals surface area contributed by atoms with Crippen LogP contribution >= 0.6 is 11.6 Å². The predicted octanol–water partition coefficient (Wildman–Crippen LogP) is 5.93. The van der Waals surface area contributed by atoms with Gasteiger partial charge in [-0.2, -0.15) is 0 Å². The fourth-order valence-corrected chi connectivity index (χ4v) is 3.75. The molecule has 0 amide bonds. The fourth-order valence-electron chi connectivity index (χ4n) is 3.51. The summed E-state index contributed by atoms with van der Waals surface area (Å²) in [6.45, 7) is 2.84. The Morgan fingerprint density at radius 3 is 2.07 bits per heavy atom. The second-order valence-electron chi connectivity index (χ2n) is 6.88. The number of phenols is 1. The number of rotatable bonds is 8. The number of nitrogens with one attached hydrogen (secondary N) is 1. The Morgan fingerprint density at radius 2 is 1.54 bits per heavy atom. The van der Waals surface area contributed by atoms with E-state index in [0.29, 0.717) is 16.7 Å². The molecular weight excluding hydrogens is 370 g/mol. The zero-order chi connectivity index (χ0) is 19.9. The molecule has 0 aromatic heterocycles. The summed E-state index contributed by atoms with van der Waals surface area (Å²) in [5, 5.41) is 14.2. The van der Waals surface area contributed by atoms with Gasteiger partial charge in [-0.1, -0.05) is 72.3 Å². The van der Waals surface area contributed by atoms with Gasteiger partial charge in [-0.3, -0.25) is 0 Å². The van der Waals surface area contributed by atoms with Crippen LogP contribution in [0, 0.1) is 0 Å². The third-order valence-corrected chi connectivity index (χ3v) is 5.35. The molecule has 2 N–H and O–H groups in total. The van der Waals surface area contributed by atoms with Crippen molar-refractivity contribution in [2.75, 3.05) is 13.7 Å². The van der Waals surface area contributed by atoms with Gasteiger partial charge in [-0.05, 0) is 37.1 Å². The van der Waals surface area contributed by atoms with Crippen molar-refractivity contribution in [1.29, 1.82) is 0 Å². The molecule has 1 unspecified atom stereocenters. The minimum atomic E-state index is -0.0293. The molecular formula is C24H26ClNO2. The van der Waals surface area contributed by atoms with Crippen molar-refractivity contribution in [2.24, 2.45) is 0 Å². The van der Waals surface area contributed by atoms with Crippen molar-refractivity contribution in [2.45, 2.75) is 25.3 Å². The third kappa shape index (κ3) is 4.86. The second kappa shape index (κ2) is 9.63. The van der Waals surface area contributed by atoms with Crippen molar-refractivity contribution in [3.05, 3.63) is 94.5 Å². The lowest BCUT2D eigenvalue weighted by Gasteiger charge is -2.21. The van der Waals surface area contributed by atoms with Gasteiger partial charge in [0, 0.05) is 23.6 Å². The number of methoxy groups -OCH3 is 1. The van der Waals surface area contributed by atoms with Crippen LogP contribution in [-0.2, 0) is 0 Å². The molecule has 3 aromatic rings. The fraction of sp³-hybridized carbons (Fsp3) is 0.250. The van der Waals surface area contributed by atoms with Crippen LogP contribution in [0.1, 0.15) is 42.0 Å². The van der Waals surface area contributed by atoms with Crippen LogP contribution < -0.4 is 10.1 Å². The SMILES string of the molecule is COc1cc(C(C)NCCC(c2ccccc2)c2ccccc2)c(O)cc1Cl. The van der Waals surface area contributed by atoms with Gasteiger partial charge >= 0.3 is 0 Å². The van der Waals surface area contributed by atoms with Gasteiger partial charge in [0.2, 0.25) is 0 Å². The summed E-state index contributed by atoms with van der Waals surface area (Å²) in [7, 11) is 1.57. The number of halogens is 1. The Labute approximate surface area is 171 Å². The normalized spacial score (nSPS) is 12.1. The molecule has 0 bridgehead atoms. The molecule has 0 aliphatic heterocycles. The second-order valence-corrected chi connectivity index (χ2v) is 7.29. The molecule has 3 rings (SSSR count). The van der Waals surface area contributed by atoms with E-state index in [9.17, 15) is 5.11 Å². The van der Waals surface area contributed by atoms with E-state index in [-0.39, 0.29) is 11.8 Å². The topological polar surface area (TPSA) is 41.5 Å². The minimum Gasteiger partial charge on any atom is -0.508 e. The Kier molecular flexibility index (Phi) is 6.96. The van der Waals surface area contributed by atoms with E-state index in [1.807, 2.05) is 19.1 Å². The Bertz CT molecular complexity index is 844. The highest BCUT2D eigenvalue weighted by molar-refractivity contribution is 6.32. The Hall–Kier alpha value is -2.49.